The van der Waals surface area contributed by atoms with Crippen LogP contribution in [0.1, 0.15) is 10.5 Å². The number of nitrogens with one attached hydrogen (secondary N) is 1. The van der Waals surface area contributed by atoms with Crippen molar-refractivity contribution in [2.75, 3.05) is 38.2 Å². The van der Waals surface area contributed by atoms with E-state index in [1.807, 2.05) is 24.3 Å². The number of rotatable bonds is 5. The predicted molar refractivity (Wildman–Crippen MR) is 112 cm³/mol. The van der Waals surface area contributed by atoms with Crippen molar-refractivity contribution in [1.82, 2.24) is 15.1 Å². The molecule has 9 heteroatoms. The highest BCUT2D eigenvalue weighted by molar-refractivity contribution is 5.93. The SMILES string of the molecule is COc1ccc(-c2cc(C(=O)N3CCN(c4ccc([N+](=O)[O-])cc4)CC3)[nH]n2)cc1. The third-order valence-corrected chi connectivity index (χ3v) is 5.19. The van der Waals surface area contributed by atoms with Gasteiger partial charge in [0.2, 0.25) is 0 Å². The monoisotopic (exact) mass is 407 g/mol. The Morgan fingerprint density at radius 2 is 1.73 bits per heavy atom. The first-order chi connectivity index (χ1) is 14.5. The highest BCUT2D eigenvalue weighted by Crippen LogP contribution is 2.23. The molecule has 1 N–H and O–H groups in total. The van der Waals surface area contributed by atoms with E-state index >= 15 is 0 Å². The topological polar surface area (TPSA) is 105 Å². The highest BCUT2D eigenvalue weighted by Gasteiger charge is 2.24. The van der Waals surface area contributed by atoms with Gasteiger partial charge in [-0.05, 0) is 42.5 Å². The largest absolute Gasteiger partial charge is 0.497 e. The van der Waals surface area contributed by atoms with Gasteiger partial charge in [-0.1, -0.05) is 0 Å². The van der Waals surface area contributed by atoms with Gasteiger partial charge in [-0.15, -0.1) is 0 Å². The van der Waals surface area contributed by atoms with Crippen LogP contribution in [0.15, 0.2) is 54.6 Å². The molecule has 0 spiro atoms. The van der Waals surface area contributed by atoms with Crippen LogP contribution in [0.5, 0.6) is 5.75 Å². The number of aromatic amines is 1. The molecule has 0 saturated carbocycles. The summed E-state index contributed by atoms with van der Waals surface area (Å²) in [5.41, 5.74) is 3.03. The van der Waals surface area contributed by atoms with E-state index in [1.165, 1.54) is 12.1 Å². The summed E-state index contributed by atoms with van der Waals surface area (Å²) in [5, 5.41) is 17.9. The molecule has 154 valence electrons. The van der Waals surface area contributed by atoms with Gasteiger partial charge in [0.1, 0.15) is 11.4 Å². The second-order valence-electron chi connectivity index (χ2n) is 6.95. The molecule has 2 aromatic carbocycles. The maximum Gasteiger partial charge on any atom is 0.272 e. The van der Waals surface area contributed by atoms with Crippen molar-refractivity contribution in [2.45, 2.75) is 0 Å². The summed E-state index contributed by atoms with van der Waals surface area (Å²) in [6, 6.07) is 15.7. The third-order valence-electron chi connectivity index (χ3n) is 5.19. The van der Waals surface area contributed by atoms with Crippen molar-refractivity contribution < 1.29 is 14.5 Å². The number of carbonyl (C=O) groups excluding carboxylic acids is 1. The average Bonchev–Trinajstić information content (AvgIpc) is 3.29. The van der Waals surface area contributed by atoms with Gasteiger partial charge in [-0.2, -0.15) is 5.10 Å². The van der Waals surface area contributed by atoms with Crippen LogP contribution in [0.3, 0.4) is 0 Å². The van der Waals surface area contributed by atoms with Gasteiger partial charge in [-0.3, -0.25) is 20.0 Å². The number of nitro benzene ring substituents is 1. The van der Waals surface area contributed by atoms with Gasteiger partial charge in [0.05, 0.1) is 17.7 Å². The zero-order valence-corrected chi connectivity index (χ0v) is 16.4. The van der Waals surface area contributed by atoms with Crippen molar-refractivity contribution in [2.24, 2.45) is 0 Å². The van der Waals surface area contributed by atoms with Gasteiger partial charge in [0.25, 0.3) is 11.6 Å². The molecular formula is C21H21N5O4. The predicted octanol–water partition coefficient (Wildman–Crippen LogP) is 2.96. The Hall–Kier alpha value is -3.88. The van der Waals surface area contributed by atoms with E-state index < -0.39 is 4.92 Å². The Kier molecular flexibility index (Phi) is 5.34. The molecule has 1 aliphatic heterocycles. The standard InChI is InChI=1S/C21H21N5O4/c1-30-18-8-2-15(3-9-18)19-14-20(23-22-19)21(27)25-12-10-24(11-13-25)16-4-6-17(7-5-16)26(28)29/h2-9,14H,10-13H2,1H3,(H,22,23). The van der Waals surface area contributed by atoms with Crippen LogP contribution in [0.25, 0.3) is 11.3 Å². The number of hydrogen-bond acceptors (Lipinski definition) is 6. The minimum absolute atomic E-state index is 0.0690. The fourth-order valence-corrected chi connectivity index (χ4v) is 3.46. The molecule has 0 atom stereocenters. The number of carbonyl (C=O) groups is 1. The quantitative estimate of drug-likeness (QED) is 0.515. The van der Waals surface area contributed by atoms with Crippen LogP contribution in [0.2, 0.25) is 0 Å². The summed E-state index contributed by atoms with van der Waals surface area (Å²) < 4.78 is 5.16. The zero-order chi connectivity index (χ0) is 21.1. The van der Waals surface area contributed by atoms with Crippen LogP contribution in [-0.2, 0) is 0 Å². The number of non-ortho nitro benzene ring substituents is 1. The van der Waals surface area contributed by atoms with Crippen LogP contribution in [0, 0.1) is 10.1 Å². The number of aromatic nitrogens is 2. The van der Waals surface area contributed by atoms with Crippen LogP contribution in [0.4, 0.5) is 11.4 Å². The normalized spacial score (nSPS) is 13.9. The maximum absolute atomic E-state index is 12.8. The fraction of sp³-hybridized carbons (Fsp3) is 0.238. The Labute approximate surface area is 173 Å². The Balaban J connectivity index is 1.38. The third kappa shape index (κ3) is 3.95. The number of benzene rings is 2. The summed E-state index contributed by atoms with van der Waals surface area (Å²) in [4.78, 5) is 27.1. The number of anilines is 1. The van der Waals surface area contributed by atoms with E-state index in [0.717, 1.165) is 17.0 Å². The molecule has 9 nitrogen and oxygen atoms in total. The summed E-state index contributed by atoms with van der Waals surface area (Å²) in [7, 11) is 1.61. The zero-order valence-electron chi connectivity index (χ0n) is 16.4. The Bertz CT molecular complexity index is 1040. The first kappa shape index (κ1) is 19.4. The molecule has 1 aliphatic rings. The molecule has 0 unspecified atom stereocenters. The smallest absolute Gasteiger partial charge is 0.272 e. The van der Waals surface area contributed by atoms with Crippen molar-refractivity contribution >= 4 is 17.3 Å². The summed E-state index contributed by atoms with van der Waals surface area (Å²) >= 11 is 0. The summed E-state index contributed by atoms with van der Waals surface area (Å²) in [6.07, 6.45) is 0. The molecule has 30 heavy (non-hydrogen) atoms. The second kappa shape index (κ2) is 8.24. The van der Waals surface area contributed by atoms with Gasteiger partial charge < -0.3 is 14.5 Å². The number of piperazine rings is 1. The minimum atomic E-state index is -0.412. The molecule has 0 bridgehead atoms. The van der Waals surface area contributed by atoms with E-state index in [-0.39, 0.29) is 11.6 Å². The van der Waals surface area contributed by atoms with Gasteiger partial charge in [0.15, 0.2) is 0 Å². The van der Waals surface area contributed by atoms with E-state index in [2.05, 4.69) is 15.1 Å². The Morgan fingerprint density at radius 1 is 1.07 bits per heavy atom. The molecule has 1 saturated heterocycles. The molecular weight excluding hydrogens is 386 g/mol. The number of ether oxygens (including phenoxy) is 1. The number of methoxy groups -OCH3 is 1. The maximum atomic E-state index is 12.8. The van der Waals surface area contributed by atoms with E-state index in [1.54, 1.807) is 30.2 Å². The molecule has 0 aliphatic carbocycles. The first-order valence-electron chi connectivity index (χ1n) is 9.53. The molecule has 3 aromatic rings. The van der Waals surface area contributed by atoms with Crippen molar-refractivity contribution in [3.63, 3.8) is 0 Å². The van der Waals surface area contributed by atoms with Crippen molar-refractivity contribution in [3.8, 4) is 17.0 Å². The van der Waals surface area contributed by atoms with E-state index in [9.17, 15) is 14.9 Å². The summed E-state index contributed by atoms with van der Waals surface area (Å²) in [6.45, 7) is 2.44. The van der Waals surface area contributed by atoms with Crippen LogP contribution >= 0.6 is 0 Å². The molecule has 2 heterocycles. The molecule has 1 amide bonds. The number of amides is 1. The van der Waals surface area contributed by atoms with Crippen LogP contribution < -0.4 is 9.64 Å². The lowest BCUT2D eigenvalue weighted by molar-refractivity contribution is -0.384. The lowest BCUT2D eigenvalue weighted by Crippen LogP contribution is -2.48. The van der Waals surface area contributed by atoms with Gasteiger partial charge in [-0.25, -0.2) is 0 Å². The number of nitro groups is 1. The van der Waals surface area contributed by atoms with Gasteiger partial charge >= 0.3 is 0 Å². The van der Waals surface area contributed by atoms with E-state index in [4.69, 9.17) is 4.74 Å². The van der Waals surface area contributed by atoms with Crippen molar-refractivity contribution in [3.05, 3.63) is 70.4 Å². The number of nitrogens with zero attached hydrogens (tertiary/aromatic N) is 4. The molecule has 1 aromatic heterocycles. The van der Waals surface area contributed by atoms with Crippen molar-refractivity contribution in [1.29, 1.82) is 0 Å². The minimum Gasteiger partial charge on any atom is -0.497 e. The van der Waals surface area contributed by atoms with Gasteiger partial charge in [0, 0.05) is 49.6 Å². The lowest BCUT2D eigenvalue weighted by atomic mass is 10.1. The lowest BCUT2D eigenvalue weighted by Gasteiger charge is -2.35. The Morgan fingerprint density at radius 3 is 2.33 bits per heavy atom. The average molecular weight is 407 g/mol. The van der Waals surface area contributed by atoms with E-state index in [0.29, 0.717) is 37.6 Å². The second-order valence-corrected chi connectivity index (χ2v) is 6.95. The highest BCUT2D eigenvalue weighted by atomic mass is 16.6. The number of H-pyrrole nitrogens is 1. The van der Waals surface area contributed by atoms with Crippen LogP contribution in [-0.4, -0.2) is 59.2 Å². The molecule has 1 fully saturated rings. The fourth-order valence-electron chi connectivity index (χ4n) is 3.46. The summed E-state index contributed by atoms with van der Waals surface area (Å²) in [5.74, 6) is 0.669. The molecule has 0 radical (unpaired) electrons. The number of hydrogen-bond donors (Lipinski definition) is 1. The molecule has 4 rings (SSSR count). The first-order valence-corrected chi connectivity index (χ1v) is 9.53.